The third-order valence-electron chi connectivity index (χ3n) is 6.84. The number of aryl methyl sites for hydroxylation is 1. The topological polar surface area (TPSA) is 46.5 Å². The van der Waals surface area contributed by atoms with Gasteiger partial charge >= 0.3 is 5.97 Å². The molecule has 0 heterocycles. The Kier molecular flexibility index (Phi) is 11.1. The molecule has 0 radical (unpaired) electrons. The zero-order valence-electron chi connectivity index (χ0n) is 21.9. The van der Waals surface area contributed by atoms with Crippen LogP contribution >= 0.6 is 15.9 Å². The average Bonchev–Trinajstić information content (AvgIpc) is 2.90. The van der Waals surface area contributed by atoms with Gasteiger partial charge in [0.25, 0.3) is 0 Å². The molecule has 1 atom stereocenters. The van der Waals surface area contributed by atoms with Gasteiger partial charge in [-0.05, 0) is 75.1 Å². The highest BCUT2D eigenvalue weighted by atomic mass is 79.9. The highest BCUT2D eigenvalue weighted by Gasteiger charge is 2.18. The first-order chi connectivity index (χ1) is 17.4. The molecule has 0 fully saturated rings. The lowest BCUT2D eigenvalue weighted by Gasteiger charge is -2.15. The first kappa shape index (κ1) is 28.0. The Balaban J connectivity index is 1.76. The summed E-state index contributed by atoms with van der Waals surface area (Å²) in [6.07, 6.45) is 9.48. The summed E-state index contributed by atoms with van der Waals surface area (Å²) in [6, 6.07) is 20.0. The van der Waals surface area contributed by atoms with Gasteiger partial charge in [0, 0.05) is 10.0 Å². The lowest BCUT2D eigenvalue weighted by atomic mass is 9.93. The molecule has 0 bridgehead atoms. The molecule has 0 saturated carbocycles. The molecule has 3 rings (SSSR count). The quantitative estimate of drug-likeness (QED) is 0.203. The first-order valence-electron chi connectivity index (χ1n) is 13.3. The van der Waals surface area contributed by atoms with E-state index in [1.807, 2.05) is 30.3 Å². The van der Waals surface area contributed by atoms with E-state index >= 15 is 0 Å². The minimum atomic E-state index is -0.908. The van der Waals surface area contributed by atoms with Gasteiger partial charge in [-0.2, -0.15) is 0 Å². The fourth-order valence-electron chi connectivity index (χ4n) is 4.30. The molecule has 0 aliphatic rings. The van der Waals surface area contributed by atoms with Gasteiger partial charge in [-0.15, -0.1) is 0 Å². The van der Waals surface area contributed by atoms with Crippen LogP contribution in [0.3, 0.4) is 0 Å². The van der Waals surface area contributed by atoms with Gasteiger partial charge in [-0.1, -0.05) is 102 Å². The summed E-state index contributed by atoms with van der Waals surface area (Å²) in [4.78, 5) is 12.0. The molecule has 1 unspecified atom stereocenters. The number of hydrogen-bond donors (Lipinski definition) is 1. The van der Waals surface area contributed by atoms with Crippen LogP contribution in [0, 0.1) is 5.92 Å². The lowest BCUT2D eigenvalue weighted by Crippen LogP contribution is -2.06. The number of unbranched alkanes of at least 4 members (excludes halogenated alkanes) is 5. The zero-order valence-corrected chi connectivity index (χ0v) is 23.4. The maximum Gasteiger partial charge on any atom is 0.336 e. The summed E-state index contributed by atoms with van der Waals surface area (Å²) in [6.45, 7) is 7.32. The van der Waals surface area contributed by atoms with Crippen LogP contribution in [-0.4, -0.2) is 17.7 Å². The molecule has 3 aromatic carbocycles. The van der Waals surface area contributed by atoms with Crippen molar-refractivity contribution in [3.63, 3.8) is 0 Å². The van der Waals surface area contributed by atoms with Crippen molar-refractivity contribution in [2.45, 2.75) is 72.1 Å². The molecule has 0 amide bonds. The fraction of sp³-hybridized carbons (Fsp3) is 0.406. The van der Waals surface area contributed by atoms with Crippen LogP contribution in [0.1, 0.15) is 81.6 Å². The molecule has 1 N–H and O–H groups in total. The van der Waals surface area contributed by atoms with Crippen LogP contribution in [0.2, 0.25) is 0 Å². The smallest absolute Gasteiger partial charge is 0.336 e. The number of ether oxygens (including phenoxy) is 1. The second-order valence-corrected chi connectivity index (χ2v) is 10.5. The van der Waals surface area contributed by atoms with E-state index in [1.54, 1.807) is 6.07 Å². The third-order valence-corrected chi connectivity index (χ3v) is 7.75. The molecular weight excluding hydrogens is 512 g/mol. The highest BCUT2D eigenvalue weighted by molar-refractivity contribution is 9.10. The van der Waals surface area contributed by atoms with Crippen molar-refractivity contribution in [3.8, 4) is 28.0 Å². The van der Waals surface area contributed by atoms with Gasteiger partial charge < -0.3 is 9.84 Å². The molecule has 3 aromatic rings. The Labute approximate surface area is 225 Å². The molecule has 0 spiro atoms. The van der Waals surface area contributed by atoms with Gasteiger partial charge in [0.15, 0.2) is 0 Å². The van der Waals surface area contributed by atoms with Crippen LogP contribution in [-0.2, 0) is 6.42 Å². The Morgan fingerprint density at radius 1 is 0.833 bits per heavy atom. The first-order valence-corrected chi connectivity index (χ1v) is 14.1. The highest BCUT2D eigenvalue weighted by Crippen LogP contribution is 2.36. The number of rotatable bonds is 14. The van der Waals surface area contributed by atoms with Crippen molar-refractivity contribution in [3.05, 3.63) is 76.3 Å². The van der Waals surface area contributed by atoms with Crippen LogP contribution in [0.4, 0.5) is 0 Å². The summed E-state index contributed by atoms with van der Waals surface area (Å²) in [7, 11) is 0. The average molecular weight is 552 g/mol. The van der Waals surface area contributed by atoms with E-state index in [1.165, 1.54) is 37.7 Å². The fourth-order valence-corrected chi connectivity index (χ4v) is 5.07. The molecule has 3 nitrogen and oxygen atoms in total. The summed E-state index contributed by atoms with van der Waals surface area (Å²) in [5, 5.41) is 9.86. The number of benzene rings is 3. The third kappa shape index (κ3) is 7.70. The second-order valence-electron chi connectivity index (χ2n) is 9.71. The Morgan fingerprint density at radius 3 is 2.03 bits per heavy atom. The van der Waals surface area contributed by atoms with Crippen molar-refractivity contribution >= 4 is 21.9 Å². The van der Waals surface area contributed by atoms with Crippen molar-refractivity contribution in [2.24, 2.45) is 5.92 Å². The predicted octanol–water partition coefficient (Wildman–Crippen LogP) is 9.81. The Morgan fingerprint density at radius 2 is 1.42 bits per heavy atom. The van der Waals surface area contributed by atoms with E-state index in [9.17, 15) is 9.90 Å². The number of carboxylic acid groups (broad SMARTS) is 1. The number of carboxylic acids is 1. The van der Waals surface area contributed by atoms with Crippen LogP contribution in [0.15, 0.2) is 65.1 Å². The summed E-state index contributed by atoms with van der Waals surface area (Å²) >= 11 is 3.76. The Bertz CT molecular complexity index is 1100. The standard InChI is InChI=1S/C32H39BrO3/c1-4-6-7-8-9-10-11-27-18-21-29(32(34)35)30(31(27)33)26-14-12-24(13-15-26)25-16-19-28(20-17-25)36-22-23(3)5-2/h12-21,23H,4-11,22H2,1-3H3,(H,34,35). The number of hydrogen-bond acceptors (Lipinski definition) is 2. The van der Waals surface area contributed by atoms with Gasteiger partial charge in [-0.25, -0.2) is 4.79 Å². The van der Waals surface area contributed by atoms with Crippen LogP contribution < -0.4 is 4.74 Å². The van der Waals surface area contributed by atoms with Crippen molar-refractivity contribution < 1.29 is 14.6 Å². The molecule has 4 heteroatoms. The molecule has 0 aliphatic heterocycles. The van der Waals surface area contributed by atoms with Crippen LogP contribution in [0.5, 0.6) is 5.75 Å². The second kappa shape index (κ2) is 14.2. The molecule has 0 saturated heterocycles. The van der Waals surface area contributed by atoms with Crippen molar-refractivity contribution in [2.75, 3.05) is 6.61 Å². The van der Waals surface area contributed by atoms with E-state index in [-0.39, 0.29) is 0 Å². The minimum absolute atomic E-state index is 0.323. The molecular formula is C32H39BrO3. The van der Waals surface area contributed by atoms with Gasteiger partial charge in [-0.3, -0.25) is 0 Å². The van der Waals surface area contributed by atoms with Crippen molar-refractivity contribution in [1.82, 2.24) is 0 Å². The SMILES string of the molecule is CCCCCCCCc1ccc(C(=O)O)c(-c2ccc(-c3ccc(OCC(C)CC)cc3)cc2)c1Br. The minimum Gasteiger partial charge on any atom is -0.493 e. The van der Waals surface area contributed by atoms with Gasteiger partial charge in [0.2, 0.25) is 0 Å². The maximum absolute atomic E-state index is 12.0. The molecule has 36 heavy (non-hydrogen) atoms. The predicted molar refractivity (Wildman–Crippen MR) is 154 cm³/mol. The van der Waals surface area contributed by atoms with E-state index in [0.717, 1.165) is 58.3 Å². The number of carbonyl (C=O) groups is 1. The molecule has 0 aliphatic carbocycles. The van der Waals surface area contributed by atoms with E-state index < -0.39 is 5.97 Å². The zero-order chi connectivity index (χ0) is 25.9. The van der Waals surface area contributed by atoms with Crippen molar-refractivity contribution in [1.29, 1.82) is 0 Å². The van der Waals surface area contributed by atoms with E-state index in [2.05, 4.69) is 61.0 Å². The largest absolute Gasteiger partial charge is 0.493 e. The van der Waals surface area contributed by atoms with Crippen LogP contribution in [0.25, 0.3) is 22.3 Å². The lowest BCUT2D eigenvalue weighted by molar-refractivity contribution is 0.0697. The maximum atomic E-state index is 12.0. The van der Waals surface area contributed by atoms with E-state index in [0.29, 0.717) is 11.5 Å². The van der Waals surface area contributed by atoms with Gasteiger partial charge in [0.05, 0.1) is 12.2 Å². The van der Waals surface area contributed by atoms with E-state index in [4.69, 9.17) is 4.74 Å². The molecule has 0 aromatic heterocycles. The Hall–Kier alpha value is -2.59. The number of aromatic carboxylic acids is 1. The summed E-state index contributed by atoms with van der Waals surface area (Å²) in [5.41, 5.74) is 5.34. The monoisotopic (exact) mass is 550 g/mol. The summed E-state index contributed by atoms with van der Waals surface area (Å²) in [5.74, 6) is 0.512. The summed E-state index contributed by atoms with van der Waals surface area (Å²) < 4.78 is 6.77. The number of halogens is 1. The molecule has 192 valence electrons. The van der Waals surface area contributed by atoms with Gasteiger partial charge in [0.1, 0.15) is 5.75 Å². The normalized spacial score (nSPS) is 11.9.